The number of rotatable bonds is 3. The van der Waals surface area contributed by atoms with Crippen molar-refractivity contribution < 1.29 is 0 Å². The van der Waals surface area contributed by atoms with Crippen molar-refractivity contribution in [2.45, 2.75) is 108 Å². The maximum absolute atomic E-state index is 2.40. The molecule has 158 valence electrons. The molecule has 0 spiro atoms. The van der Waals surface area contributed by atoms with Crippen molar-refractivity contribution in [2.24, 2.45) is 0 Å². The van der Waals surface area contributed by atoms with E-state index in [-0.39, 0.29) is 0 Å². The van der Waals surface area contributed by atoms with Gasteiger partial charge in [-0.3, -0.25) is 0 Å². The van der Waals surface area contributed by atoms with Gasteiger partial charge in [-0.15, -0.1) is 0 Å². The minimum absolute atomic E-state index is 0.621. The molecule has 0 aliphatic heterocycles. The van der Waals surface area contributed by atoms with Crippen LogP contribution in [0.5, 0.6) is 0 Å². The molecule has 0 radical (unpaired) electrons. The highest BCUT2D eigenvalue weighted by molar-refractivity contribution is 5.42. The summed E-state index contributed by atoms with van der Waals surface area (Å²) in [5, 5.41) is 0. The van der Waals surface area contributed by atoms with Crippen molar-refractivity contribution in [1.82, 2.24) is 0 Å². The van der Waals surface area contributed by atoms with E-state index in [0.717, 1.165) is 0 Å². The summed E-state index contributed by atoms with van der Waals surface area (Å²) in [5.74, 6) is 1.86. The number of aryl methyl sites for hydroxylation is 3. The van der Waals surface area contributed by atoms with Crippen LogP contribution < -0.4 is 0 Å². The third-order valence-electron chi connectivity index (χ3n) is 5.49. The van der Waals surface area contributed by atoms with Crippen molar-refractivity contribution >= 4 is 0 Å². The molecule has 0 bridgehead atoms. The lowest BCUT2D eigenvalue weighted by Gasteiger charge is -2.20. The molecule has 0 aliphatic carbocycles. The van der Waals surface area contributed by atoms with E-state index in [1.54, 1.807) is 0 Å². The number of hydrogen-bond acceptors (Lipinski definition) is 0. The Hall–Kier alpha value is -1.56. The average molecular weight is 383 g/mol. The molecule has 0 aliphatic rings. The fraction of sp³-hybridized carbons (Fsp3) is 0.571. The van der Waals surface area contributed by atoms with Gasteiger partial charge in [0.25, 0.3) is 0 Å². The molecule has 2 aromatic carbocycles. The van der Waals surface area contributed by atoms with Gasteiger partial charge in [0.1, 0.15) is 0 Å². The smallest absolute Gasteiger partial charge is 0.0216 e. The van der Waals surface area contributed by atoms with Crippen molar-refractivity contribution in [1.29, 1.82) is 0 Å². The zero-order valence-electron chi connectivity index (χ0n) is 21.0. The minimum Gasteiger partial charge on any atom is -0.0683 e. The maximum atomic E-state index is 2.40. The maximum Gasteiger partial charge on any atom is -0.0216 e. The molecular formula is C28H46. The van der Waals surface area contributed by atoms with E-state index in [1.807, 2.05) is 13.8 Å². The number of benzene rings is 2. The summed E-state index contributed by atoms with van der Waals surface area (Å²) in [5.41, 5.74) is 11.6. The van der Waals surface area contributed by atoms with E-state index in [1.165, 1.54) is 44.5 Å². The van der Waals surface area contributed by atoms with Gasteiger partial charge in [0.15, 0.2) is 0 Å². The molecule has 2 aromatic rings. The van der Waals surface area contributed by atoms with Crippen LogP contribution in [0.2, 0.25) is 0 Å². The SMILES string of the molecule is CC.Cc1c(C(C)C)cc(C(C)C)cc1C(C)C.Cc1cc(C)c(C)c(C)c1. The second kappa shape index (κ2) is 12.1. The lowest BCUT2D eigenvalue weighted by atomic mass is 9.85. The molecule has 0 heteroatoms. The van der Waals surface area contributed by atoms with Crippen molar-refractivity contribution in [3.05, 3.63) is 68.8 Å². The van der Waals surface area contributed by atoms with E-state index in [2.05, 4.69) is 100 Å². The first kappa shape index (κ1) is 26.4. The Bertz CT molecular complexity index is 678. The lowest BCUT2D eigenvalue weighted by Crippen LogP contribution is -2.03. The van der Waals surface area contributed by atoms with Gasteiger partial charge in [0.05, 0.1) is 0 Å². The molecule has 0 N–H and O–H groups in total. The molecule has 0 fully saturated rings. The molecule has 28 heavy (non-hydrogen) atoms. The third-order valence-corrected chi connectivity index (χ3v) is 5.49. The first-order valence-electron chi connectivity index (χ1n) is 11.1. The third kappa shape index (κ3) is 7.46. The van der Waals surface area contributed by atoms with E-state index < -0.39 is 0 Å². The fourth-order valence-electron chi connectivity index (χ4n) is 3.57. The predicted molar refractivity (Wildman–Crippen MR) is 130 cm³/mol. The van der Waals surface area contributed by atoms with Crippen LogP contribution in [0.25, 0.3) is 0 Å². The Kier molecular flexibility index (Phi) is 11.4. The van der Waals surface area contributed by atoms with Crippen LogP contribution in [0.4, 0.5) is 0 Å². The molecule has 0 saturated carbocycles. The molecule has 0 unspecified atom stereocenters. The van der Waals surface area contributed by atoms with Crippen LogP contribution >= 0.6 is 0 Å². The summed E-state index contributed by atoms with van der Waals surface area (Å²) in [7, 11) is 0. The van der Waals surface area contributed by atoms with Crippen LogP contribution in [0.1, 0.15) is 118 Å². The Morgan fingerprint density at radius 3 is 1.14 bits per heavy atom. The summed E-state index contributed by atoms with van der Waals surface area (Å²) in [6, 6.07) is 9.25. The molecule has 0 saturated heterocycles. The lowest BCUT2D eigenvalue weighted by molar-refractivity contribution is 0.792. The Morgan fingerprint density at radius 1 is 0.500 bits per heavy atom. The molecule has 0 nitrogen and oxygen atoms in total. The van der Waals surface area contributed by atoms with Gasteiger partial charge in [-0.1, -0.05) is 85.2 Å². The summed E-state index contributed by atoms with van der Waals surface area (Å²) in [6.07, 6.45) is 0. The van der Waals surface area contributed by atoms with Gasteiger partial charge in [-0.2, -0.15) is 0 Å². The molecule has 0 heterocycles. The first-order valence-corrected chi connectivity index (χ1v) is 11.1. The molecule has 0 amide bonds. The highest BCUT2D eigenvalue weighted by Crippen LogP contribution is 2.31. The highest BCUT2D eigenvalue weighted by atomic mass is 14.2. The quantitative estimate of drug-likeness (QED) is 0.496. The Balaban J connectivity index is 0.000000520. The predicted octanol–water partition coefficient (Wildman–Crippen LogP) is 9.31. The van der Waals surface area contributed by atoms with Crippen molar-refractivity contribution in [3.63, 3.8) is 0 Å². The number of hydrogen-bond donors (Lipinski definition) is 0. The molecule has 0 atom stereocenters. The van der Waals surface area contributed by atoms with E-state index in [9.17, 15) is 0 Å². The van der Waals surface area contributed by atoms with Crippen LogP contribution in [0.15, 0.2) is 24.3 Å². The monoisotopic (exact) mass is 382 g/mol. The zero-order chi connectivity index (χ0) is 22.2. The Morgan fingerprint density at radius 2 is 0.857 bits per heavy atom. The zero-order valence-corrected chi connectivity index (χ0v) is 21.0. The topological polar surface area (TPSA) is 0 Å². The fourth-order valence-corrected chi connectivity index (χ4v) is 3.57. The molecular weight excluding hydrogens is 336 g/mol. The second-order valence-electron chi connectivity index (χ2n) is 8.81. The molecule has 2 rings (SSSR count). The van der Waals surface area contributed by atoms with Gasteiger partial charge in [-0.25, -0.2) is 0 Å². The first-order chi connectivity index (χ1) is 13.0. The standard InChI is InChI=1S/C16H26.C10H14.C2H6/c1-10(2)14-8-15(11(3)4)13(7)16(9-14)12(5)6;1-7-5-8(2)10(4)9(3)6-7;1-2/h8-12H,1-7H3;5-6H,1-4H3;1-2H3. The summed E-state index contributed by atoms with van der Waals surface area (Å²) in [4.78, 5) is 0. The highest BCUT2D eigenvalue weighted by Gasteiger charge is 2.13. The van der Waals surface area contributed by atoms with Gasteiger partial charge < -0.3 is 0 Å². The second-order valence-corrected chi connectivity index (χ2v) is 8.81. The van der Waals surface area contributed by atoms with Gasteiger partial charge in [0, 0.05) is 0 Å². The summed E-state index contributed by atoms with van der Waals surface area (Å²) >= 11 is 0. The van der Waals surface area contributed by atoms with Crippen LogP contribution in [0.3, 0.4) is 0 Å². The van der Waals surface area contributed by atoms with Crippen molar-refractivity contribution in [2.75, 3.05) is 0 Å². The van der Waals surface area contributed by atoms with E-state index >= 15 is 0 Å². The van der Waals surface area contributed by atoms with E-state index in [4.69, 9.17) is 0 Å². The largest absolute Gasteiger partial charge is 0.0683 e. The van der Waals surface area contributed by atoms with Crippen LogP contribution in [-0.4, -0.2) is 0 Å². The van der Waals surface area contributed by atoms with Gasteiger partial charge in [0.2, 0.25) is 0 Å². The van der Waals surface area contributed by atoms with Crippen LogP contribution in [-0.2, 0) is 0 Å². The summed E-state index contributed by atoms with van der Waals surface area (Å²) in [6.45, 7) is 28.6. The molecule has 0 aromatic heterocycles. The Labute approximate surface area is 176 Å². The summed E-state index contributed by atoms with van der Waals surface area (Å²) < 4.78 is 0. The van der Waals surface area contributed by atoms with Gasteiger partial charge >= 0.3 is 0 Å². The van der Waals surface area contributed by atoms with Crippen LogP contribution in [0, 0.1) is 34.6 Å². The normalized spacial score (nSPS) is 10.6. The average Bonchev–Trinajstić information content (AvgIpc) is 2.61. The van der Waals surface area contributed by atoms with Gasteiger partial charge in [-0.05, 0) is 91.3 Å². The van der Waals surface area contributed by atoms with Crippen molar-refractivity contribution in [3.8, 4) is 0 Å². The minimum atomic E-state index is 0.621. The van der Waals surface area contributed by atoms with E-state index in [0.29, 0.717) is 17.8 Å².